The molecule has 0 aliphatic rings. The Morgan fingerprint density at radius 2 is 2.12 bits per heavy atom. The average molecular weight is 324 g/mol. The molecule has 3 aromatic heterocycles. The second-order valence-electron chi connectivity index (χ2n) is 5.24. The first-order valence-corrected chi connectivity index (χ1v) is 7.32. The van der Waals surface area contributed by atoms with Crippen LogP contribution in [0.3, 0.4) is 0 Å². The molecule has 4 rings (SSSR count). The van der Waals surface area contributed by atoms with E-state index in [1.165, 1.54) is 6.07 Å². The number of H-pyrrole nitrogens is 1. The van der Waals surface area contributed by atoms with Crippen molar-refractivity contribution in [1.82, 2.24) is 35.2 Å². The average Bonchev–Trinajstić information content (AvgIpc) is 3.26. The zero-order valence-electron chi connectivity index (χ0n) is 12.7. The molecule has 0 radical (unpaired) electrons. The van der Waals surface area contributed by atoms with Crippen LogP contribution in [-0.2, 0) is 0 Å². The maximum atomic E-state index is 14.1. The van der Waals surface area contributed by atoms with Crippen LogP contribution in [0.2, 0.25) is 0 Å². The molecule has 0 amide bonds. The lowest BCUT2D eigenvalue weighted by Crippen LogP contribution is -2.12. The highest BCUT2D eigenvalue weighted by Gasteiger charge is 2.15. The highest BCUT2D eigenvalue weighted by atomic mass is 19.1. The van der Waals surface area contributed by atoms with Gasteiger partial charge in [-0.05, 0) is 19.1 Å². The van der Waals surface area contributed by atoms with E-state index in [0.29, 0.717) is 28.5 Å². The number of benzene rings is 1. The van der Waals surface area contributed by atoms with E-state index in [1.54, 1.807) is 41.0 Å². The molecule has 1 aromatic carbocycles. The second-order valence-corrected chi connectivity index (χ2v) is 5.24. The predicted molar refractivity (Wildman–Crippen MR) is 84.6 cm³/mol. The molecule has 24 heavy (non-hydrogen) atoms. The van der Waals surface area contributed by atoms with Gasteiger partial charge in [0.05, 0.1) is 17.9 Å². The van der Waals surface area contributed by atoms with Crippen LogP contribution in [-0.4, -0.2) is 35.2 Å². The fourth-order valence-electron chi connectivity index (χ4n) is 2.46. The minimum atomic E-state index is -0.328. The molecule has 1 unspecified atom stereocenters. The van der Waals surface area contributed by atoms with Gasteiger partial charge in [0.25, 0.3) is 0 Å². The number of halogens is 1. The van der Waals surface area contributed by atoms with E-state index < -0.39 is 0 Å². The van der Waals surface area contributed by atoms with Crippen molar-refractivity contribution in [2.45, 2.75) is 13.0 Å². The molecular weight excluding hydrogens is 311 g/mol. The van der Waals surface area contributed by atoms with Crippen LogP contribution >= 0.6 is 0 Å². The summed E-state index contributed by atoms with van der Waals surface area (Å²) in [5, 5.41) is 21.4. The predicted octanol–water partition coefficient (Wildman–Crippen LogP) is 2.22. The molecule has 9 heteroatoms. The van der Waals surface area contributed by atoms with E-state index in [9.17, 15) is 4.39 Å². The van der Waals surface area contributed by atoms with Gasteiger partial charge in [0.1, 0.15) is 11.6 Å². The third-order valence-electron chi connectivity index (χ3n) is 3.62. The van der Waals surface area contributed by atoms with Crippen molar-refractivity contribution >= 4 is 11.5 Å². The quantitative estimate of drug-likeness (QED) is 0.597. The number of aromatic nitrogens is 7. The van der Waals surface area contributed by atoms with E-state index in [4.69, 9.17) is 0 Å². The normalized spacial score (nSPS) is 12.4. The third-order valence-corrected chi connectivity index (χ3v) is 3.62. The van der Waals surface area contributed by atoms with Gasteiger partial charge in [-0.25, -0.2) is 9.37 Å². The summed E-state index contributed by atoms with van der Waals surface area (Å²) in [6.07, 6.45) is 1.64. The van der Waals surface area contributed by atoms with Crippen molar-refractivity contribution in [3.05, 3.63) is 54.2 Å². The Labute approximate surface area is 135 Å². The van der Waals surface area contributed by atoms with Crippen molar-refractivity contribution in [2.24, 2.45) is 0 Å². The highest BCUT2D eigenvalue weighted by molar-refractivity contribution is 5.67. The van der Waals surface area contributed by atoms with Crippen molar-refractivity contribution in [1.29, 1.82) is 0 Å². The number of anilines is 1. The lowest BCUT2D eigenvalue weighted by Gasteiger charge is -2.14. The number of hydrogen-bond donors (Lipinski definition) is 2. The molecule has 0 spiro atoms. The zero-order valence-corrected chi connectivity index (χ0v) is 12.7. The molecule has 0 saturated heterocycles. The third kappa shape index (κ3) is 2.45. The van der Waals surface area contributed by atoms with Crippen LogP contribution in [0.1, 0.15) is 18.8 Å². The van der Waals surface area contributed by atoms with Crippen LogP contribution in [0.5, 0.6) is 0 Å². The summed E-state index contributed by atoms with van der Waals surface area (Å²) < 4.78 is 15.7. The van der Waals surface area contributed by atoms with Crippen LogP contribution in [0.25, 0.3) is 16.9 Å². The number of aromatic amines is 1. The molecule has 8 nitrogen and oxygen atoms in total. The minimum Gasteiger partial charge on any atom is -0.360 e. The Kier molecular flexibility index (Phi) is 3.38. The Morgan fingerprint density at radius 3 is 2.92 bits per heavy atom. The Morgan fingerprint density at radius 1 is 1.25 bits per heavy atom. The number of nitrogens with zero attached hydrogens (tertiary/aromatic N) is 6. The number of nitrogens with one attached hydrogen (secondary N) is 2. The molecule has 2 N–H and O–H groups in total. The monoisotopic (exact) mass is 324 g/mol. The molecule has 0 aliphatic carbocycles. The van der Waals surface area contributed by atoms with E-state index in [2.05, 4.69) is 36.0 Å². The summed E-state index contributed by atoms with van der Waals surface area (Å²) in [5.74, 6) is 0.839. The van der Waals surface area contributed by atoms with Crippen LogP contribution < -0.4 is 5.32 Å². The highest BCUT2D eigenvalue weighted by Crippen LogP contribution is 2.26. The van der Waals surface area contributed by atoms with Gasteiger partial charge in [0.2, 0.25) is 0 Å². The van der Waals surface area contributed by atoms with Crippen molar-refractivity contribution in [3.63, 3.8) is 0 Å². The van der Waals surface area contributed by atoms with Crippen molar-refractivity contribution < 1.29 is 4.39 Å². The smallest absolute Gasteiger partial charge is 0.196 e. The topological polar surface area (TPSA) is 96.7 Å². The molecule has 1 atom stereocenters. The van der Waals surface area contributed by atoms with Gasteiger partial charge >= 0.3 is 0 Å². The van der Waals surface area contributed by atoms with Gasteiger partial charge in [-0.3, -0.25) is 0 Å². The lowest BCUT2D eigenvalue weighted by molar-refractivity contribution is 0.630. The molecule has 0 saturated carbocycles. The number of hydrogen-bond acceptors (Lipinski definition) is 6. The van der Waals surface area contributed by atoms with Gasteiger partial charge in [-0.1, -0.05) is 17.3 Å². The summed E-state index contributed by atoms with van der Waals surface area (Å²) in [4.78, 5) is 4.47. The van der Waals surface area contributed by atoms with Crippen molar-refractivity contribution in [2.75, 3.05) is 5.32 Å². The van der Waals surface area contributed by atoms with Gasteiger partial charge < -0.3 is 5.32 Å². The van der Waals surface area contributed by atoms with Crippen LogP contribution in [0.15, 0.2) is 42.6 Å². The zero-order chi connectivity index (χ0) is 16.5. The minimum absolute atomic E-state index is 0.216. The van der Waals surface area contributed by atoms with Gasteiger partial charge in [0.15, 0.2) is 11.5 Å². The first-order chi connectivity index (χ1) is 11.7. The molecule has 3 heterocycles. The molecule has 4 aromatic rings. The Bertz CT molecular complexity index is 978. The maximum absolute atomic E-state index is 14.1. The van der Waals surface area contributed by atoms with E-state index in [1.807, 2.05) is 6.92 Å². The first-order valence-electron chi connectivity index (χ1n) is 7.32. The first kappa shape index (κ1) is 14.2. The summed E-state index contributed by atoms with van der Waals surface area (Å²) in [5.41, 5.74) is 1.55. The summed E-state index contributed by atoms with van der Waals surface area (Å²) in [6.45, 7) is 1.89. The molecule has 0 bridgehead atoms. The molecule has 0 aliphatic heterocycles. The van der Waals surface area contributed by atoms with Crippen LogP contribution in [0.4, 0.5) is 10.2 Å². The fraction of sp³-hybridized carbons (Fsp3) is 0.133. The lowest BCUT2D eigenvalue weighted by atomic mass is 10.1. The van der Waals surface area contributed by atoms with E-state index >= 15 is 0 Å². The SMILES string of the molecule is CC(Nc1cc(-c2ccccc2F)nc2ccnn12)c1nn[nH]n1. The van der Waals surface area contributed by atoms with Crippen LogP contribution in [0, 0.1) is 5.82 Å². The maximum Gasteiger partial charge on any atom is 0.196 e. The van der Waals surface area contributed by atoms with Gasteiger partial charge in [-0.15, -0.1) is 10.2 Å². The number of rotatable bonds is 4. The van der Waals surface area contributed by atoms with E-state index in [-0.39, 0.29) is 11.9 Å². The molecule has 120 valence electrons. The number of tetrazole rings is 1. The van der Waals surface area contributed by atoms with E-state index in [0.717, 1.165) is 0 Å². The molecule has 0 fully saturated rings. The summed E-state index contributed by atoms with van der Waals surface area (Å²) in [7, 11) is 0. The summed E-state index contributed by atoms with van der Waals surface area (Å²) >= 11 is 0. The second kappa shape index (κ2) is 5.69. The standard InChI is InChI=1S/C15H13FN8/c1-9(15-20-22-23-21-15)18-14-8-12(10-4-2-3-5-11(10)16)19-13-6-7-17-24(13)14/h2-9,18H,1H3,(H,20,21,22,23). The Hall–Kier alpha value is -3.36. The Balaban J connectivity index is 1.80. The molecular formula is C15H13FN8. The fourth-order valence-corrected chi connectivity index (χ4v) is 2.46. The number of fused-ring (bicyclic) bond motifs is 1. The van der Waals surface area contributed by atoms with Crippen molar-refractivity contribution in [3.8, 4) is 11.3 Å². The van der Waals surface area contributed by atoms with Gasteiger partial charge in [-0.2, -0.15) is 14.8 Å². The summed E-state index contributed by atoms with van der Waals surface area (Å²) in [6, 6.07) is 9.81. The largest absolute Gasteiger partial charge is 0.360 e. The van der Waals surface area contributed by atoms with Gasteiger partial charge in [0, 0.05) is 17.7 Å².